The Kier molecular flexibility index (Phi) is 8.46. The molecule has 0 unspecified atom stereocenters. The van der Waals surface area contributed by atoms with Gasteiger partial charge in [0.25, 0.3) is 0 Å². The molecule has 0 fully saturated rings. The SMILES string of the molecule is CC(C)(c1ccc(O)cc1)c1ccc(O)cc1.Cc1ccccc1OP(=O)(O)Oc1ccccc1C. The largest absolute Gasteiger partial charge is 0.584 e. The second-order valence-corrected chi connectivity index (χ2v) is 10.2. The van der Waals surface area contributed by atoms with Gasteiger partial charge >= 0.3 is 7.82 Å². The molecule has 0 atom stereocenters. The number of rotatable bonds is 6. The first-order valence-corrected chi connectivity index (χ1v) is 12.9. The molecular formula is C29H31O6P. The van der Waals surface area contributed by atoms with Crippen LogP contribution in [-0.2, 0) is 9.98 Å². The van der Waals surface area contributed by atoms with Crippen LogP contribution in [0, 0.1) is 13.8 Å². The Morgan fingerprint density at radius 3 is 1.28 bits per heavy atom. The van der Waals surface area contributed by atoms with Crippen LogP contribution >= 0.6 is 7.82 Å². The van der Waals surface area contributed by atoms with Crippen LogP contribution in [0.2, 0.25) is 0 Å². The minimum atomic E-state index is -4.19. The van der Waals surface area contributed by atoms with E-state index in [4.69, 9.17) is 9.05 Å². The number of phenolic OH excluding ortho intramolecular Hbond substituents is 2. The van der Waals surface area contributed by atoms with Gasteiger partial charge in [-0.15, -0.1) is 0 Å². The van der Waals surface area contributed by atoms with Gasteiger partial charge in [-0.2, -0.15) is 0 Å². The summed E-state index contributed by atoms with van der Waals surface area (Å²) in [7, 11) is -4.19. The van der Waals surface area contributed by atoms with Crippen LogP contribution in [-0.4, -0.2) is 15.1 Å². The van der Waals surface area contributed by atoms with Gasteiger partial charge in [-0.1, -0.05) is 74.5 Å². The fraction of sp³-hybridized carbons (Fsp3) is 0.172. The molecule has 0 aliphatic carbocycles. The van der Waals surface area contributed by atoms with Gasteiger partial charge < -0.3 is 19.3 Å². The quantitative estimate of drug-likeness (QED) is 0.238. The van der Waals surface area contributed by atoms with Crippen molar-refractivity contribution in [3.63, 3.8) is 0 Å². The van der Waals surface area contributed by atoms with E-state index in [1.807, 2.05) is 36.4 Å². The summed E-state index contributed by atoms with van der Waals surface area (Å²) in [4.78, 5) is 9.78. The highest BCUT2D eigenvalue weighted by atomic mass is 31.2. The van der Waals surface area contributed by atoms with E-state index in [9.17, 15) is 19.7 Å². The molecule has 36 heavy (non-hydrogen) atoms. The number of phosphoric ester groups is 1. The maximum absolute atomic E-state index is 12.0. The molecule has 0 saturated carbocycles. The number of hydrogen-bond donors (Lipinski definition) is 3. The Bertz CT molecular complexity index is 1230. The summed E-state index contributed by atoms with van der Waals surface area (Å²) < 4.78 is 22.1. The first-order valence-electron chi connectivity index (χ1n) is 11.4. The number of benzene rings is 4. The first kappa shape index (κ1) is 26.9. The number of para-hydroxylation sites is 2. The van der Waals surface area contributed by atoms with Gasteiger partial charge in [0.05, 0.1) is 0 Å². The van der Waals surface area contributed by atoms with Crippen LogP contribution in [0.15, 0.2) is 97.1 Å². The minimum Gasteiger partial charge on any atom is -0.508 e. The molecule has 188 valence electrons. The average Bonchev–Trinajstić information content (AvgIpc) is 2.83. The maximum Gasteiger partial charge on any atom is 0.584 e. The Morgan fingerprint density at radius 2 is 0.944 bits per heavy atom. The minimum absolute atomic E-state index is 0.151. The lowest BCUT2D eigenvalue weighted by atomic mass is 9.78. The number of phosphoric acid groups is 1. The van der Waals surface area contributed by atoms with E-state index < -0.39 is 7.82 Å². The van der Waals surface area contributed by atoms with Crippen molar-refractivity contribution in [3.05, 3.63) is 119 Å². The highest BCUT2D eigenvalue weighted by Gasteiger charge is 2.26. The predicted molar refractivity (Wildman–Crippen MR) is 142 cm³/mol. The summed E-state index contributed by atoms with van der Waals surface area (Å²) in [5.74, 6) is 1.22. The molecule has 7 heteroatoms. The zero-order chi connectivity index (χ0) is 26.3. The van der Waals surface area contributed by atoms with Crippen LogP contribution in [0.4, 0.5) is 0 Å². The third kappa shape index (κ3) is 7.14. The smallest absolute Gasteiger partial charge is 0.508 e. The van der Waals surface area contributed by atoms with Crippen molar-refractivity contribution in [2.75, 3.05) is 0 Å². The van der Waals surface area contributed by atoms with Gasteiger partial charge in [-0.25, -0.2) is 4.57 Å². The van der Waals surface area contributed by atoms with Crippen molar-refractivity contribution in [2.24, 2.45) is 0 Å². The van der Waals surface area contributed by atoms with Crippen LogP contribution in [0.5, 0.6) is 23.0 Å². The van der Waals surface area contributed by atoms with E-state index in [-0.39, 0.29) is 16.9 Å². The monoisotopic (exact) mass is 506 g/mol. The van der Waals surface area contributed by atoms with Crippen LogP contribution in [0.1, 0.15) is 36.1 Å². The molecule has 0 aliphatic heterocycles. The van der Waals surface area contributed by atoms with E-state index in [0.29, 0.717) is 11.5 Å². The van der Waals surface area contributed by atoms with Crippen molar-refractivity contribution in [1.82, 2.24) is 0 Å². The summed E-state index contributed by atoms with van der Waals surface area (Å²) in [5, 5.41) is 18.6. The van der Waals surface area contributed by atoms with E-state index in [1.54, 1.807) is 74.5 Å². The van der Waals surface area contributed by atoms with E-state index in [2.05, 4.69) is 13.8 Å². The summed E-state index contributed by atoms with van der Waals surface area (Å²) in [6.45, 7) is 7.82. The number of hydrogen-bond acceptors (Lipinski definition) is 5. The third-order valence-corrected chi connectivity index (χ3v) is 6.65. The van der Waals surface area contributed by atoms with Crippen molar-refractivity contribution in [1.29, 1.82) is 0 Å². The average molecular weight is 507 g/mol. The zero-order valence-electron chi connectivity index (χ0n) is 20.8. The molecule has 4 aromatic carbocycles. The molecule has 0 saturated heterocycles. The maximum atomic E-state index is 12.0. The lowest BCUT2D eigenvalue weighted by Gasteiger charge is -2.26. The van der Waals surface area contributed by atoms with Gasteiger partial charge in [-0.3, -0.25) is 4.89 Å². The summed E-state index contributed by atoms with van der Waals surface area (Å²) >= 11 is 0. The molecule has 0 bridgehead atoms. The van der Waals surface area contributed by atoms with Crippen LogP contribution in [0.25, 0.3) is 0 Å². The van der Waals surface area contributed by atoms with Crippen molar-refractivity contribution in [2.45, 2.75) is 33.1 Å². The number of phenols is 2. The molecule has 0 radical (unpaired) electrons. The van der Waals surface area contributed by atoms with Crippen molar-refractivity contribution >= 4 is 7.82 Å². The molecule has 6 nitrogen and oxygen atoms in total. The number of aryl methyl sites for hydroxylation is 2. The molecule has 0 spiro atoms. The van der Waals surface area contributed by atoms with Crippen LogP contribution < -0.4 is 9.05 Å². The molecular weight excluding hydrogens is 475 g/mol. The van der Waals surface area contributed by atoms with Crippen molar-refractivity contribution in [3.8, 4) is 23.0 Å². The van der Waals surface area contributed by atoms with Crippen molar-refractivity contribution < 1.29 is 28.7 Å². The van der Waals surface area contributed by atoms with Gasteiger partial charge in [0.2, 0.25) is 0 Å². The van der Waals surface area contributed by atoms with Crippen LogP contribution in [0.3, 0.4) is 0 Å². The third-order valence-electron chi connectivity index (χ3n) is 5.79. The van der Waals surface area contributed by atoms with Gasteiger partial charge in [0, 0.05) is 5.41 Å². The Morgan fingerprint density at radius 1 is 0.611 bits per heavy atom. The normalized spacial score (nSPS) is 11.2. The lowest BCUT2D eigenvalue weighted by Crippen LogP contribution is -2.18. The Balaban J connectivity index is 0.000000202. The van der Waals surface area contributed by atoms with Gasteiger partial charge in [0.1, 0.15) is 23.0 Å². The fourth-order valence-corrected chi connectivity index (χ4v) is 4.45. The first-order chi connectivity index (χ1) is 17.0. The molecule has 0 aliphatic rings. The molecule has 0 amide bonds. The van der Waals surface area contributed by atoms with E-state index in [1.165, 1.54) is 0 Å². The van der Waals surface area contributed by atoms with E-state index in [0.717, 1.165) is 22.3 Å². The van der Waals surface area contributed by atoms with E-state index >= 15 is 0 Å². The fourth-order valence-electron chi connectivity index (χ4n) is 3.51. The summed E-state index contributed by atoms with van der Waals surface area (Å²) in [6.07, 6.45) is 0. The molecule has 3 N–H and O–H groups in total. The highest BCUT2D eigenvalue weighted by Crippen LogP contribution is 2.45. The van der Waals surface area contributed by atoms with Gasteiger partial charge in [-0.05, 0) is 72.5 Å². The molecule has 0 heterocycles. The standard InChI is InChI=1S/C15H16O2.C14H15O4P/c1-15(2,11-3-7-13(16)8-4-11)12-5-9-14(17)10-6-12;1-11-7-3-5-9-13(11)17-19(15,16)18-14-10-6-4-8-12(14)2/h3-10,16-17H,1-2H3;3-10H,1-2H3,(H,15,16). The summed E-state index contributed by atoms with van der Waals surface area (Å²) in [6, 6.07) is 28.4. The molecule has 4 aromatic rings. The molecule has 4 rings (SSSR count). The van der Waals surface area contributed by atoms with Gasteiger partial charge in [0.15, 0.2) is 0 Å². The zero-order valence-corrected chi connectivity index (χ0v) is 21.6. The molecule has 0 aromatic heterocycles. The highest BCUT2D eigenvalue weighted by molar-refractivity contribution is 7.48. The second kappa shape index (κ2) is 11.3. The lowest BCUT2D eigenvalue weighted by molar-refractivity contribution is 0.289. The Labute approximate surface area is 212 Å². The second-order valence-electron chi connectivity index (χ2n) is 8.90. The number of aromatic hydroxyl groups is 2. The Hall–Kier alpha value is -3.73. The predicted octanol–water partition coefficient (Wildman–Crippen LogP) is 7.29. The summed E-state index contributed by atoms with van der Waals surface area (Å²) in [5.41, 5.74) is 3.64. The topological polar surface area (TPSA) is 96.2 Å².